The van der Waals surface area contributed by atoms with Crippen molar-refractivity contribution in [2.45, 2.75) is 12.5 Å². The number of fused-ring (bicyclic) bond motifs is 1. The van der Waals surface area contributed by atoms with E-state index in [1.165, 1.54) is 0 Å². The first-order chi connectivity index (χ1) is 15.9. The van der Waals surface area contributed by atoms with Crippen LogP contribution in [0.2, 0.25) is 0 Å². The molecule has 0 fully saturated rings. The van der Waals surface area contributed by atoms with Crippen LogP contribution in [-0.4, -0.2) is 31.3 Å². The van der Waals surface area contributed by atoms with Crippen molar-refractivity contribution in [1.82, 2.24) is 0 Å². The van der Waals surface area contributed by atoms with Gasteiger partial charge in [0.05, 0.1) is 12.7 Å². The molecule has 1 aliphatic heterocycles. The van der Waals surface area contributed by atoms with Crippen LogP contribution in [0.1, 0.15) is 22.8 Å². The van der Waals surface area contributed by atoms with Gasteiger partial charge in [0.25, 0.3) is 0 Å². The van der Waals surface area contributed by atoms with Gasteiger partial charge in [-0.15, -0.1) is 0 Å². The molecule has 4 rings (SSSR count). The van der Waals surface area contributed by atoms with Crippen molar-refractivity contribution in [1.29, 1.82) is 0 Å². The molecular formula is C26H24N2O5. The number of anilines is 2. The van der Waals surface area contributed by atoms with Crippen LogP contribution in [0.25, 0.3) is 6.08 Å². The molecule has 2 amide bonds. The lowest BCUT2D eigenvalue weighted by atomic mass is 10.0. The number of nitrogens with one attached hydrogen (secondary N) is 2. The summed E-state index contributed by atoms with van der Waals surface area (Å²) in [4.78, 5) is 24.6. The Morgan fingerprint density at radius 3 is 2.36 bits per heavy atom. The highest BCUT2D eigenvalue weighted by Crippen LogP contribution is 2.33. The van der Waals surface area contributed by atoms with Crippen molar-refractivity contribution in [2.75, 3.05) is 24.4 Å². The zero-order valence-electron chi connectivity index (χ0n) is 18.3. The molecule has 1 heterocycles. The van der Waals surface area contributed by atoms with E-state index in [1.807, 2.05) is 31.2 Å². The smallest absolute Gasteiger partial charge is 0.338 e. The highest BCUT2D eigenvalue weighted by molar-refractivity contribution is 6.00. The summed E-state index contributed by atoms with van der Waals surface area (Å²) in [6, 6.07) is 20.9. The fraction of sp³-hybridized carbons (Fsp3) is 0.154. The van der Waals surface area contributed by atoms with Gasteiger partial charge in [-0.3, -0.25) is 0 Å². The molecule has 7 heteroatoms. The minimum atomic E-state index is -0.794. The lowest BCUT2D eigenvalue weighted by Gasteiger charge is -2.31. The minimum Gasteiger partial charge on any atom is -0.497 e. The van der Waals surface area contributed by atoms with E-state index in [0.29, 0.717) is 28.4 Å². The van der Waals surface area contributed by atoms with Crippen molar-refractivity contribution in [3.63, 3.8) is 0 Å². The Morgan fingerprint density at radius 1 is 0.939 bits per heavy atom. The van der Waals surface area contributed by atoms with E-state index < -0.39 is 11.6 Å². The molecule has 3 aromatic rings. The van der Waals surface area contributed by atoms with E-state index in [0.717, 1.165) is 5.56 Å². The normalized spacial score (nSPS) is 16.2. The molecule has 0 spiro atoms. The van der Waals surface area contributed by atoms with E-state index in [4.69, 9.17) is 14.2 Å². The zero-order valence-corrected chi connectivity index (χ0v) is 18.3. The average molecular weight is 444 g/mol. The molecule has 0 radical (unpaired) electrons. The molecule has 1 unspecified atom stereocenters. The third-order valence-electron chi connectivity index (χ3n) is 5.07. The van der Waals surface area contributed by atoms with Crippen LogP contribution in [0.4, 0.5) is 16.2 Å². The molecule has 33 heavy (non-hydrogen) atoms. The monoisotopic (exact) mass is 444 g/mol. The molecule has 2 N–H and O–H groups in total. The van der Waals surface area contributed by atoms with E-state index in [1.54, 1.807) is 67.8 Å². The number of ether oxygens (including phenoxy) is 3. The largest absolute Gasteiger partial charge is 0.497 e. The van der Waals surface area contributed by atoms with Crippen molar-refractivity contribution < 1.29 is 23.8 Å². The van der Waals surface area contributed by atoms with Gasteiger partial charge in [0, 0.05) is 16.9 Å². The molecule has 1 aliphatic rings. The first kappa shape index (κ1) is 22.0. The Balaban J connectivity index is 1.35. The number of esters is 1. The predicted octanol–water partition coefficient (Wildman–Crippen LogP) is 5.36. The van der Waals surface area contributed by atoms with Gasteiger partial charge < -0.3 is 24.8 Å². The third kappa shape index (κ3) is 5.51. The second-order valence-corrected chi connectivity index (χ2v) is 7.75. The van der Waals surface area contributed by atoms with Gasteiger partial charge in [-0.1, -0.05) is 24.3 Å². The second kappa shape index (κ2) is 9.48. The number of rotatable bonds is 6. The van der Waals surface area contributed by atoms with E-state index in [9.17, 15) is 9.59 Å². The SMILES string of the molecule is COc1ccc(NC(=O)Nc2ccc3c(c2)C=CC(C)(COC(=O)c2ccccc2)O3)cc1. The first-order valence-corrected chi connectivity index (χ1v) is 10.4. The average Bonchev–Trinajstić information content (AvgIpc) is 2.84. The van der Waals surface area contributed by atoms with Gasteiger partial charge in [-0.05, 0) is 67.6 Å². The minimum absolute atomic E-state index is 0.0704. The summed E-state index contributed by atoms with van der Waals surface area (Å²) < 4.78 is 16.6. The number of urea groups is 1. The molecule has 0 saturated heterocycles. The van der Waals surface area contributed by atoms with Crippen molar-refractivity contribution in [3.8, 4) is 11.5 Å². The van der Waals surface area contributed by atoms with Gasteiger partial charge >= 0.3 is 12.0 Å². The number of hydrogen-bond acceptors (Lipinski definition) is 5. The van der Waals surface area contributed by atoms with E-state index in [2.05, 4.69) is 10.6 Å². The summed E-state index contributed by atoms with van der Waals surface area (Å²) >= 11 is 0. The molecule has 0 saturated carbocycles. The summed E-state index contributed by atoms with van der Waals surface area (Å²) in [6.07, 6.45) is 3.73. The van der Waals surface area contributed by atoms with Crippen LogP contribution in [0.5, 0.6) is 11.5 Å². The third-order valence-corrected chi connectivity index (χ3v) is 5.07. The molecule has 1 atom stereocenters. The Bertz CT molecular complexity index is 1180. The highest BCUT2D eigenvalue weighted by atomic mass is 16.6. The highest BCUT2D eigenvalue weighted by Gasteiger charge is 2.29. The Morgan fingerprint density at radius 2 is 1.64 bits per heavy atom. The van der Waals surface area contributed by atoms with Crippen molar-refractivity contribution >= 4 is 29.5 Å². The maximum absolute atomic E-state index is 12.3. The van der Waals surface area contributed by atoms with Crippen LogP contribution in [-0.2, 0) is 4.74 Å². The van der Waals surface area contributed by atoms with Gasteiger partial charge in [-0.25, -0.2) is 9.59 Å². The number of hydrogen-bond donors (Lipinski definition) is 2. The second-order valence-electron chi connectivity index (χ2n) is 7.75. The number of methoxy groups -OCH3 is 1. The molecule has 168 valence electrons. The molecule has 3 aromatic carbocycles. The number of amides is 2. The fourth-order valence-electron chi connectivity index (χ4n) is 3.31. The van der Waals surface area contributed by atoms with Crippen molar-refractivity contribution in [3.05, 3.63) is 90.0 Å². The van der Waals surface area contributed by atoms with Crippen LogP contribution < -0.4 is 20.1 Å². The van der Waals surface area contributed by atoms with Crippen LogP contribution in [0.3, 0.4) is 0 Å². The van der Waals surface area contributed by atoms with Gasteiger partial charge in [-0.2, -0.15) is 0 Å². The molecule has 0 aromatic heterocycles. The number of carbonyl (C=O) groups is 2. The van der Waals surface area contributed by atoms with Crippen LogP contribution >= 0.6 is 0 Å². The Hall–Kier alpha value is -4.26. The zero-order chi connectivity index (χ0) is 23.3. The summed E-state index contributed by atoms with van der Waals surface area (Å²) in [7, 11) is 1.59. The molecule has 7 nitrogen and oxygen atoms in total. The van der Waals surface area contributed by atoms with E-state index in [-0.39, 0.29) is 12.6 Å². The lowest BCUT2D eigenvalue weighted by molar-refractivity contribution is 0.0140. The summed E-state index contributed by atoms with van der Waals surface area (Å²) in [5, 5.41) is 5.58. The van der Waals surface area contributed by atoms with E-state index >= 15 is 0 Å². The maximum atomic E-state index is 12.3. The van der Waals surface area contributed by atoms with Gasteiger partial charge in [0.15, 0.2) is 5.60 Å². The van der Waals surface area contributed by atoms with Gasteiger partial charge in [0.1, 0.15) is 18.1 Å². The van der Waals surface area contributed by atoms with Gasteiger partial charge in [0.2, 0.25) is 0 Å². The molecule has 0 bridgehead atoms. The molecular weight excluding hydrogens is 420 g/mol. The lowest BCUT2D eigenvalue weighted by Crippen LogP contribution is -2.38. The fourth-order valence-corrected chi connectivity index (χ4v) is 3.31. The molecule has 0 aliphatic carbocycles. The number of carbonyl (C=O) groups excluding carboxylic acids is 2. The predicted molar refractivity (Wildman–Crippen MR) is 127 cm³/mol. The first-order valence-electron chi connectivity index (χ1n) is 10.4. The van der Waals surface area contributed by atoms with Crippen LogP contribution in [0, 0.1) is 0 Å². The summed E-state index contributed by atoms with van der Waals surface area (Å²) in [6.45, 7) is 1.92. The maximum Gasteiger partial charge on any atom is 0.338 e. The van der Waals surface area contributed by atoms with Crippen LogP contribution in [0.15, 0.2) is 78.9 Å². The standard InChI is InChI=1S/C26H24N2O5/c1-26(17-32-24(29)18-6-4-3-5-7-18)15-14-19-16-21(10-13-23(19)33-26)28-25(30)27-20-8-11-22(31-2)12-9-20/h3-16H,17H2,1-2H3,(H2,27,28,30). The Labute approximate surface area is 192 Å². The Kier molecular flexibility index (Phi) is 6.31. The quantitative estimate of drug-likeness (QED) is 0.500. The summed E-state index contributed by atoms with van der Waals surface area (Å²) in [5.41, 5.74) is 1.77. The topological polar surface area (TPSA) is 85.9 Å². The number of benzene rings is 3. The van der Waals surface area contributed by atoms with Crippen molar-refractivity contribution in [2.24, 2.45) is 0 Å². The summed E-state index contributed by atoms with van der Waals surface area (Å²) in [5.74, 6) is 0.947.